The molecule has 0 radical (unpaired) electrons. The third-order valence-electron chi connectivity index (χ3n) is 4.18. The normalized spacial score (nSPS) is 21.0. The number of likely N-dealkylation sites (N-methyl/N-ethyl adjacent to an activating group) is 1. The Bertz CT molecular complexity index is 581. The second-order valence-electron chi connectivity index (χ2n) is 5.71. The predicted octanol–water partition coefficient (Wildman–Crippen LogP) is 1.31. The maximum atomic E-state index is 12.4. The number of benzene rings is 1. The number of piperazine rings is 1. The highest BCUT2D eigenvalue weighted by molar-refractivity contribution is 6.36. The van der Waals surface area contributed by atoms with Gasteiger partial charge in [0.1, 0.15) is 5.92 Å². The molecule has 0 atom stereocenters. The Labute approximate surface area is 124 Å². The van der Waals surface area contributed by atoms with E-state index in [-0.39, 0.29) is 11.6 Å². The van der Waals surface area contributed by atoms with Crippen LogP contribution in [0, 0.1) is 5.92 Å². The van der Waals surface area contributed by atoms with Crippen LogP contribution < -0.4 is 0 Å². The van der Waals surface area contributed by atoms with Gasteiger partial charge in [0.25, 0.3) is 0 Å². The molecule has 5 heteroatoms. The molecule has 1 heterocycles. The van der Waals surface area contributed by atoms with Crippen molar-refractivity contribution in [2.45, 2.75) is 6.92 Å². The fourth-order valence-corrected chi connectivity index (χ4v) is 2.90. The lowest BCUT2D eigenvalue weighted by atomic mass is 9.99. The fraction of sp³-hybridized carbons (Fsp3) is 0.438. The minimum Gasteiger partial charge on any atom is -0.303 e. The van der Waals surface area contributed by atoms with Crippen molar-refractivity contribution in [3.8, 4) is 0 Å². The van der Waals surface area contributed by atoms with Gasteiger partial charge in [-0.3, -0.25) is 14.6 Å². The summed E-state index contributed by atoms with van der Waals surface area (Å²) in [7, 11) is 2.08. The molecule has 0 saturated carbocycles. The van der Waals surface area contributed by atoms with Crippen molar-refractivity contribution in [3.05, 3.63) is 35.4 Å². The lowest BCUT2D eigenvalue weighted by Crippen LogP contribution is -2.42. The third kappa shape index (κ3) is 2.49. The second kappa shape index (κ2) is 5.41. The zero-order valence-corrected chi connectivity index (χ0v) is 12.4. The largest absolute Gasteiger partial charge is 0.303 e. The maximum Gasteiger partial charge on any atom is 0.180 e. The van der Waals surface area contributed by atoms with E-state index < -0.39 is 5.92 Å². The van der Waals surface area contributed by atoms with Crippen LogP contribution in [0.25, 0.3) is 0 Å². The van der Waals surface area contributed by atoms with Crippen LogP contribution in [-0.2, 0) is 0 Å². The van der Waals surface area contributed by atoms with E-state index in [9.17, 15) is 9.59 Å². The Morgan fingerprint density at radius 3 is 2.10 bits per heavy atom. The lowest BCUT2D eigenvalue weighted by Gasteiger charge is -2.31. The minimum atomic E-state index is -0.734. The number of rotatable bonds is 2. The van der Waals surface area contributed by atoms with Crippen LogP contribution >= 0.6 is 0 Å². The molecule has 0 spiro atoms. The summed E-state index contributed by atoms with van der Waals surface area (Å²) in [5.74, 6) is -0.973. The molecule has 0 unspecified atom stereocenters. The van der Waals surface area contributed by atoms with Gasteiger partial charge >= 0.3 is 0 Å². The highest BCUT2D eigenvalue weighted by Gasteiger charge is 2.40. The number of carbonyl (C=O) groups is 2. The van der Waals surface area contributed by atoms with E-state index in [0.29, 0.717) is 16.8 Å². The monoisotopic (exact) mass is 285 g/mol. The molecule has 21 heavy (non-hydrogen) atoms. The van der Waals surface area contributed by atoms with E-state index in [1.54, 1.807) is 31.2 Å². The lowest BCUT2D eigenvalue weighted by molar-refractivity contribution is 0.0880. The van der Waals surface area contributed by atoms with Gasteiger partial charge in [0.2, 0.25) is 0 Å². The van der Waals surface area contributed by atoms with Crippen LogP contribution in [0.5, 0.6) is 0 Å². The van der Waals surface area contributed by atoms with Gasteiger partial charge < -0.3 is 4.90 Å². The van der Waals surface area contributed by atoms with E-state index in [1.807, 2.05) is 5.01 Å². The first-order chi connectivity index (χ1) is 10.1. The van der Waals surface area contributed by atoms with Crippen LogP contribution in [0.1, 0.15) is 27.6 Å². The van der Waals surface area contributed by atoms with Crippen LogP contribution in [0.2, 0.25) is 0 Å². The summed E-state index contributed by atoms with van der Waals surface area (Å²) in [6.07, 6.45) is 0. The average molecular weight is 285 g/mol. The maximum absolute atomic E-state index is 12.4. The van der Waals surface area contributed by atoms with E-state index in [2.05, 4.69) is 17.0 Å². The van der Waals surface area contributed by atoms with Crippen LogP contribution in [0.4, 0.5) is 0 Å². The van der Waals surface area contributed by atoms with Crippen molar-refractivity contribution in [3.63, 3.8) is 0 Å². The molecule has 2 aliphatic rings. The highest BCUT2D eigenvalue weighted by atomic mass is 16.2. The predicted molar refractivity (Wildman–Crippen MR) is 80.8 cm³/mol. The molecule has 3 rings (SSSR count). The molecule has 1 aliphatic carbocycles. The summed E-state index contributed by atoms with van der Waals surface area (Å²) < 4.78 is 0. The summed E-state index contributed by atoms with van der Waals surface area (Å²) in [5.41, 5.74) is 1.66. The molecule has 1 aliphatic heterocycles. The zero-order chi connectivity index (χ0) is 15.0. The number of fused-ring (bicyclic) bond motifs is 1. The van der Waals surface area contributed by atoms with Crippen molar-refractivity contribution >= 4 is 17.3 Å². The summed E-state index contributed by atoms with van der Waals surface area (Å²) >= 11 is 0. The van der Waals surface area contributed by atoms with Crippen LogP contribution in [0.15, 0.2) is 29.4 Å². The van der Waals surface area contributed by atoms with Gasteiger partial charge in [-0.15, -0.1) is 0 Å². The van der Waals surface area contributed by atoms with E-state index in [0.717, 1.165) is 26.2 Å². The molecule has 0 amide bonds. The van der Waals surface area contributed by atoms with Gasteiger partial charge in [0, 0.05) is 37.3 Å². The molecular formula is C16H19N3O2. The standard InChI is InChI=1S/C16H19N3O2/c1-11(17-19-9-7-18(2)8-10-19)14-15(20)12-5-3-4-6-13(12)16(14)21/h3-6,14H,7-10H2,1-2H3. The highest BCUT2D eigenvalue weighted by Crippen LogP contribution is 2.27. The van der Waals surface area contributed by atoms with Gasteiger partial charge in [0.15, 0.2) is 11.6 Å². The Morgan fingerprint density at radius 2 is 1.57 bits per heavy atom. The first-order valence-electron chi connectivity index (χ1n) is 7.24. The Balaban J connectivity index is 1.81. The van der Waals surface area contributed by atoms with Gasteiger partial charge in [-0.2, -0.15) is 5.10 Å². The van der Waals surface area contributed by atoms with Gasteiger partial charge in [-0.1, -0.05) is 24.3 Å². The molecule has 1 fully saturated rings. The van der Waals surface area contributed by atoms with Crippen molar-refractivity contribution in [2.24, 2.45) is 11.0 Å². The smallest absolute Gasteiger partial charge is 0.180 e. The first-order valence-corrected chi connectivity index (χ1v) is 7.24. The van der Waals surface area contributed by atoms with Crippen molar-refractivity contribution < 1.29 is 9.59 Å². The number of carbonyl (C=O) groups excluding carboxylic acids is 2. The quantitative estimate of drug-likeness (QED) is 0.607. The Morgan fingerprint density at radius 1 is 1.05 bits per heavy atom. The van der Waals surface area contributed by atoms with Crippen molar-refractivity contribution in [2.75, 3.05) is 33.2 Å². The number of ketones is 2. The van der Waals surface area contributed by atoms with E-state index in [4.69, 9.17) is 0 Å². The molecule has 0 N–H and O–H groups in total. The Hall–Kier alpha value is -2.01. The third-order valence-corrected chi connectivity index (χ3v) is 4.18. The van der Waals surface area contributed by atoms with Crippen LogP contribution in [-0.4, -0.2) is 60.4 Å². The Kier molecular flexibility index (Phi) is 3.59. The van der Waals surface area contributed by atoms with Crippen molar-refractivity contribution in [1.29, 1.82) is 0 Å². The number of hydrazone groups is 1. The number of nitrogens with zero attached hydrogens (tertiary/aromatic N) is 3. The second-order valence-corrected chi connectivity index (χ2v) is 5.71. The summed E-state index contributed by atoms with van der Waals surface area (Å²) in [4.78, 5) is 27.1. The number of hydrogen-bond donors (Lipinski definition) is 0. The first kappa shape index (κ1) is 13.9. The molecule has 1 aromatic carbocycles. The number of Topliss-reactive ketones (excluding diaryl/α,β-unsaturated/α-hetero) is 2. The molecule has 1 saturated heterocycles. The molecular weight excluding hydrogens is 266 g/mol. The molecule has 110 valence electrons. The summed E-state index contributed by atoms with van der Waals surface area (Å²) in [5, 5.41) is 6.48. The van der Waals surface area contributed by atoms with Crippen LogP contribution in [0.3, 0.4) is 0 Å². The zero-order valence-electron chi connectivity index (χ0n) is 12.4. The SMILES string of the molecule is CC(=NN1CCN(C)CC1)C1C(=O)c2ccccc2C1=O. The molecule has 0 bridgehead atoms. The van der Waals surface area contributed by atoms with E-state index >= 15 is 0 Å². The molecule has 0 aromatic heterocycles. The topological polar surface area (TPSA) is 53.0 Å². The summed E-state index contributed by atoms with van der Waals surface area (Å²) in [6.45, 7) is 5.34. The van der Waals surface area contributed by atoms with Gasteiger partial charge in [0.05, 0.1) is 5.71 Å². The van der Waals surface area contributed by atoms with Gasteiger partial charge in [-0.05, 0) is 14.0 Å². The molecule has 5 nitrogen and oxygen atoms in total. The summed E-state index contributed by atoms with van der Waals surface area (Å²) in [6, 6.07) is 7.02. The van der Waals surface area contributed by atoms with Gasteiger partial charge in [-0.25, -0.2) is 0 Å². The number of hydrogen-bond acceptors (Lipinski definition) is 5. The van der Waals surface area contributed by atoms with E-state index in [1.165, 1.54) is 0 Å². The fourth-order valence-electron chi connectivity index (χ4n) is 2.90. The van der Waals surface area contributed by atoms with Crippen molar-refractivity contribution in [1.82, 2.24) is 9.91 Å². The minimum absolute atomic E-state index is 0.119. The molecule has 1 aromatic rings. The average Bonchev–Trinajstić information content (AvgIpc) is 2.74.